The molecule has 3 heterocycles. The monoisotopic (exact) mass is 324 g/mol. The molecule has 6 nitrogen and oxygen atoms in total. The fourth-order valence-corrected chi connectivity index (χ4v) is 3.26. The second-order valence-electron chi connectivity index (χ2n) is 6.22. The van der Waals surface area contributed by atoms with Gasteiger partial charge in [-0.3, -0.25) is 4.90 Å². The predicted molar refractivity (Wildman–Crippen MR) is 88.0 cm³/mol. The minimum absolute atomic E-state index is 0.253. The summed E-state index contributed by atoms with van der Waals surface area (Å²) in [5.41, 5.74) is 1.96. The van der Waals surface area contributed by atoms with Gasteiger partial charge < -0.3 is 9.05 Å². The van der Waals surface area contributed by atoms with E-state index in [-0.39, 0.29) is 6.04 Å². The van der Waals surface area contributed by atoms with Gasteiger partial charge in [0.2, 0.25) is 11.7 Å². The van der Waals surface area contributed by atoms with E-state index in [1.165, 1.54) is 12.8 Å². The minimum Gasteiger partial charge on any atom is -0.361 e. The average Bonchev–Trinajstić information content (AvgIpc) is 3.25. The molecule has 6 heteroatoms. The van der Waals surface area contributed by atoms with Crippen LogP contribution >= 0.6 is 0 Å². The lowest BCUT2D eigenvalue weighted by atomic mass is 9.99. The van der Waals surface area contributed by atoms with E-state index in [0.717, 1.165) is 30.0 Å². The highest BCUT2D eigenvalue weighted by Crippen LogP contribution is 2.31. The molecule has 4 rings (SSSR count). The molecule has 0 unspecified atom stereocenters. The summed E-state index contributed by atoms with van der Waals surface area (Å²) in [5, 5.41) is 8.31. The first-order valence-electron chi connectivity index (χ1n) is 8.35. The van der Waals surface area contributed by atoms with Gasteiger partial charge in [0.25, 0.3) is 0 Å². The van der Waals surface area contributed by atoms with Crippen LogP contribution in [0.25, 0.3) is 11.4 Å². The van der Waals surface area contributed by atoms with Crippen molar-refractivity contribution < 1.29 is 9.05 Å². The lowest BCUT2D eigenvalue weighted by molar-refractivity contribution is 0.118. The molecule has 3 aromatic rings. The van der Waals surface area contributed by atoms with Crippen molar-refractivity contribution in [3.05, 3.63) is 53.7 Å². The Morgan fingerprint density at radius 2 is 2.00 bits per heavy atom. The van der Waals surface area contributed by atoms with Crippen LogP contribution in [0, 0.1) is 6.92 Å². The van der Waals surface area contributed by atoms with E-state index in [2.05, 4.69) is 20.2 Å². The lowest BCUT2D eigenvalue weighted by Gasteiger charge is -2.33. The summed E-state index contributed by atoms with van der Waals surface area (Å²) < 4.78 is 10.7. The Kier molecular flexibility index (Phi) is 4.13. The van der Waals surface area contributed by atoms with Gasteiger partial charge in [0, 0.05) is 11.6 Å². The van der Waals surface area contributed by atoms with Gasteiger partial charge in [-0.05, 0) is 26.3 Å². The average molecular weight is 324 g/mol. The Bertz CT molecular complexity index is 796. The largest absolute Gasteiger partial charge is 0.361 e. The Labute approximate surface area is 140 Å². The molecule has 1 aromatic carbocycles. The molecule has 1 atom stereocenters. The van der Waals surface area contributed by atoms with E-state index in [1.807, 2.05) is 43.3 Å². The number of piperidine rings is 1. The maximum absolute atomic E-state index is 5.46. The summed E-state index contributed by atoms with van der Waals surface area (Å²) in [6.07, 6.45) is 3.45. The summed E-state index contributed by atoms with van der Waals surface area (Å²) in [4.78, 5) is 6.89. The van der Waals surface area contributed by atoms with E-state index >= 15 is 0 Å². The zero-order chi connectivity index (χ0) is 16.4. The highest BCUT2D eigenvalue weighted by atomic mass is 16.5. The second-order valence-corrected chi connectivity index (χ2v) is 6.22. The van der Waals surface area contributed by atoms with Crippen LogP contribution < -0.4 is 0 Å². The fourth-order valence-electron chi connectivity index (χ4n) is 3.26. The Hall–Kier alpha value is -2.47. The maximum atomic E-state index is 5.46. The van der Waals surface area contributed by atoms with E-state index < -0.39 is 0 Å². The van der Waals surface area contributed by atoms with Gasteiger partial charge in [-0.2, -0.15) is 4.98 Å². The number of likely N-dealkylation sites (tertiary alicyclic amines) is 1. The van der Waals surface area contributed by atoms with Gasteiger partial charge >= 0.3 is 0 Å². The molecule has 0 amide bonds. The van der Waals surface area contributed by atoms with Crippen LogP contribution in [0.1, 0.15) is 42.6 Å². The van der Waals surface area contributed by atoms with E-state index in [0.29, 0.717) is 18.3 Å². The van der Waals surface area contributed by atoms with Crippen molar-refractivity contribution in [2.45, 2.75) is 38.8 Å². The molecule has 1 aliphatic heterocycles. The third-order valence-corrected chi connectivity index (χ3v) is 4.44. The van der Waals surface area contributed by atoms with Crippen molar-refractivity contribution in [1.29, 1.82) is 0 Å². The smallest absolute Gasteiger partial charge is 0.241 e. The zero-order valence-corrected chi connectivity index (χ0v) is 13.7. The quantitative estimate of drug-likeness (QED) is 0.728. The number of nitrogens with zero attached hydrogens (tertiary/aromatic N) is 4. The first-order chi connectivity index (χ1) is 11.8. The van der Waals surface area contributed by atoms with Gasteiger partial charge in [-0.15, -0.1) is 0 Å². The summed E-state index contributed by atoms with van der Waals surface area (Å²) >= 11 is 0. The molecule has 1 fully saturated rings. The Balaban J connectivity index is 1.52. The molecular weight excluding hydrogens is 304 g/mol. The van der Waals surface area contributed by atoms with Gasteiger partial charge in [0.05, 0.1) is 12.6 Å². The molecule has 1 aliphatic rings. The fraction of sp³-hybridized carbons (Fsp3) is 0.389. The molecule has 0 aliphatic carbocycles. The summed E-state index contributed by atoms with van der Waals surface area (Å²) in [7, 11) is 0. The van der Waals surface area contributed by atoms with Crippen molar-refractivity contribution in [1.82, 2.24) is 20.2 Å². The Morgan fingerprint density at radius 3 is 2.79 bits per heavy atom. The van der Waals surface area contributed by atoms with Crippen LogP contribution in [0.4, 0.5) is 0 Å². The van der Waals surface area contributed by atoms with Crippen LogP contribution in [-0.2, 0) is 6.54 Å². The molecule has 0 spiro atoms. The maximum Gasteiger partial charge on any atom is 0.241 e. The lowest BCUT2D eigenvalue weighted by Crippen LogP contribution is -2.33. The molecule has 0 radical (unpaired) electrons. The van der Waals surface area contributed by atoms with E-state index in [1.54, 1.807) is 0 Å². The minimum atomic E-state index is 0.253. The van der Waals surface area contributed by atoms with Crippen LogP contribution in [-0.4, -0.2) is 26.7 Å². The third kappa shape index (κ3) is 3.10. The first-order valence-corrected chi connectivity index (χ1v) is 8.35. The second kappa shape index (κ2) is 6.57. The molecule has 124 valence electrons. The van der Waals surface area contributed by atoms with Gasteiger partial charge in [0.15, 0.2) is 0 Å². The van der Waals surface area contributed by atoms with Crippen molar-refractivity contribution in [3.63, 3.8) is 0 Å². The summed E-state index contributed by atoms with van der Waals surface area (Å²) in [6.45, 7) is 3.56. The summed E-state index contributed by atoms with van der Waals surface area (Å²) in [5.74, 6) is 2.12. The van der Waals surface area contributed by atoms with Crippen LogP contribution in [0.5, 0.6) is 0 Å². The molecule has 1 saturated heterocycles. The van der Waals surface area contributed by atoms with Crippen molar-refractivity contribution in [3.8, 4) is 11.4 Å². The standard InChI is InChI=1S/C18H20N4O2/c1-13-11-15(20-23-13)16-9-5-6-10-22(16)12-17-19-18(21-24-17)14-7-3-2-4-8-14/h2-4,7-8,11,16H,5-6,9-10,12H2,1H3/t16-/m0/s1. The number of hydrogen-bond acceptors (Lipinski definition) is 6. The van der Waals surface area contributed by atoms with Crippen LogP contribution in [0.3, 0.4) is 0 Å². The molecular formula is C18H20N4O2. The van der Waals surface area contributed by atoms with Crippen molar-refractivity contribution in [2.75, 3.05) is 6.54 Å². The SMILES string of the molecule is Cc1cc([C@@H]2CCCCN2Cc2nc(-c3ccccc3)no2)no1. The normalized spacial score (nSPS) is 18.8. The summed E-state index contributed by atoms with van der Waals surface area (Å²) in [6, 6.07) is 12.2. The third-order valence-electron chi connectivity index (χ3n) is 4.44. The van der Waals surface area contributed by atoms with Gasteiger partial charge in [-0.1, -0.05) is 47.1 Å². The predicted octanol–water partition coefficient (Wildman–Crippen LogP) is 3.76. The molecule has 0 N–H and O–H groups in total. The molecule has 0 bridgehead atoms. The van der Waals surface area contributed by atoms with Crippen LogP contribution in [0.2, 0.25) is 0 Å². The number of hydrogen-bond donors (Lipinski definition) is 0. The topological polar surface area (TPSA) is 68.2 Å². The molecule has 2 aromatic heterocycles. The van der Waals surface area contributed by atoms with E-state index in [9.17, 15) is 0 Å². The highest BCUT2D eigenvalue weighted by molar-refractivity contribution is 5.53. The number of benzene rings is 1. The zero-order valence-electron chi connectivity index (χ0n) is 13.7. The molecule has 24 heavy (non-hydrogen) atoms. The van der Waals surface area contributed by atoms with Crippen LogP contribution in [0.15, 0.2) is 45.4 Å². The first kappa shape index (κ1) is 15.1. The van der Waals surface area contributed by atoms with E-state index in [4.69, 9.17) is 9.05 Å². The number of rotatable bonds is 4. The highest BCUT2D eigenvalue weighted by Gasteiger charge is 2.28. The number of aryl methyl sites for hydroxylation is 1. The van der Waals surface area contributed by atoms with Gasteiger partial charge in [0.1, 0.15) is 11.5 Å². The number of aromatic nitrogens is 3. The molecule has 0 saturated carbocycles. The Morgan fingerprint density at radius 1 is 1.12 bits per heavy atom. The van der Waals surface area contributed by atoms with Gasteiger partial charge in [-0.25, -0.2) is 0 Å². The van der Waals surface area contributed by atoms with Crippen molar-refractivity contribution in [2.24, 2.45) is 0 Å². The van der Waals surface area contributed by atoms with Crippen molar-refractivity contribution >= 4 is 0 Å².